The Balaban J connectivity index is 1.46. The highest BCUT2D eigenvalue weighted by Gasteiger charge is 2.39. The van der Waals surface area contributed by atoms with Crippen LogP contribution in [0.4, 0.5) is 29.5 Å². The molecule has 2 aromatic rings. The van der Waals surface area contributed by atoms with E-state index in [9.17, 15) is 22.8 Å². The molecule has 3 heterocycles. The third-order valence-electron chi connectivity index (χ3n) is 6.23. The van der Waals surface area contributed by atoms with Crippen molar-refractivity contribution in [2.24, 2.45) is 21.7 Å². The molecule has 0 radical (unpaired) electrons. The number of pyridine rings is 1. The number of benzene rings is 1. The number of alkyl halides is 3. The number of hydrogen-bond acceptors (Lipinski definition) is 8. The van der Waals surface area contributed by atoms with Gasteiger partial charge in [-0.25, -0.2) is 14.8 Å². The number of halogens is 3. The van der Waals surface area contributed by atoms with Crippen molar-refractivity contribution in [2.45, 2.75) is 19.0 Å². The van der Waals surface area contributed by atoms with Gasteiger partial charge in [0.05, 0.1) is 12.5 Å². The number of carbonyl (C=O) groups is 2. The molecule has 3 amide bonds. The second-order valence-electron chi connectivity index (χ2n) is 9.51. The number of unbranched alkanes of at least 4 members (excludes halogenated alkanes) is 1. The van der Waals surface area contributed by atoms with Crippen LogP contribution in [0.15, 0.2) is 58.3 Å². The minimum atomic E-state index is -4.63. The smallest absolute Gasteiger partial charge is 0.382 e. The number of carbonyl (C=O) groups excluding carboxylic acids is 2. The van der Waals surface area contributed by atoms with Gasteiger partial charge in [-0.15, -0.1) is 0 Å². The Morgan fingerprint density at radius 2 is 1.85 bits per heavy atom. The molecule has 1 aromatic heterocycles. The zero-order valence-electron chi connectivity index (χ0n) is 22.0. The second-order valence-corrected chi connectivity index (χ2v) is 9.51. The fraction of sp³-hybridized carbons (Fsp3) is 0.346. The van der Waals surface area contributed by atoms with Crippen LogP contribution in [-0.4, -0.2) is 72.7 Å². The Bertz CT molecular complexity index is 1340. The van der Waals surface area contributed by atoms with Gasteiger partial charge in [0.15, 0.2) is 5.84 Å². The molecule has 0 saturated heterocycles. The number of hydrazone groups is 1. The van der Waals surface area contributed by atoms with E-state index < -0.39 is 23.8 Å². The van der Waals surface area contributed by atoms with Gasteiger partial charge in [0.2, 0.25) is 5.91 Å². The minimum Gasteiger partial charge on any atom is -0.382 e. The predicted molar refractivity (Wildman–Crippen MR) is 146 cm³/mol. The zero-order valence-corrected chi connectivity index (χ0v) is 22.0. The summed E-state index contributed by atoms with van der Waals surface area (Å²) in [6.45, 7) is 1.77. The summed E-state index contributed by atoms with van der Waals surface area (Å²) < 4.78 is 38.7. The van der Waals surface area contributed by atoms with Crippen LogP contribution < -0.4 is 21.7 Å². The summed E-state index contributed by atoms with van der Waals surface area (Å²) in [4.78, 5) is 35.2. The lowest BCUT2D eigenvalue weighted by molar-refractivity contribution is -0.141. The van der Waals surface area contributed by atoms with Gasteiger partial charge in [-0.3, -0.25) is 15.1 Å². The van der Waals surface area contributed by atoms with E-state index >= 15 is 0 Å². The van der Waals surface area contributed by atoms with Crippen molar-refractivity contribution < 1.29 is 22.8 Å². The van der Waals surface area contributed by atoms with E-state index in [0.29, 0.717) is 35.6 Å². The maximum Gasteiger partial charge on any atom is 0.433 e. The number of fused-ring (bicyclic) bond motifs is 1. The molecule has 212 valence electrons. The van der Waals surface area contributed by atoms with Crippen molar-refractivity contribution in [1.82, 2.24) is 20.2 Å². The molecule has 0 aliphatic carbocycles. The number of aliphatic imine (C=N–C) groups is 1. The van der Waals surface area contributed by atoms with Crippen molar-refractivity contribution in [2.75, 3.05) is 44.4 Å². The number of nitrogens with one attached hydrogen (secondary N) is 3. The molecule has 4 rings (SSSR count). The highest BCUT2D eigenvalue weighted by molar-refractivity contribution is 6.11. The molecular formula is C26H30F3N9O2. The van der Waals surface area contributed by atoms with Gasteiger partial charge in [-0.1, -0.05) is 18.2 Å². The summed E-state index contributed by atoms with van der Waals surface area (Å²) in [6, 6.07) is 9.11. The number of amidine groups is 1. The molecule has 1 unspecified atom stereocenters. The Labute approximate surface area is 229 Å². The normalized spacial score (nSPS) is 16.6. The SMILES string of the molecule is CN(C)CCCCNC(=O)C1CN2N=CN=C(N)C2=C1c1ccc(NC(=O)Nc2cccc(C(F)(F)F)n2)cc1. The maximum atomic E-state index is 13.2. The van der Waals surface area contributed by atoms with Crippen molar-refractivity contribution >= 4 is 41.2 Å². The number of anilines is 2. The highest BCUT2D eigenvalue weighted by atomic mass is 19.4. The molecule has 40 heavy (non-hydrogen) atoms. The van der Waals surface area contributed by atoms with E-state index in [1.54, 1.807) is 29.3 Å². The van der Waals surface area contributed by atoms with Crippen LogP contribution in [0, 0.1) is 5.92 Å². The van der Waals surface area contributed by atoms with Crippen LogP contribution in [0.2, 0.25) is 0 Å². The molecule has 1 atom stereocenters. The van der Waals surface area contributed by atoms with E-state index in [2.05, 4.69) is 35.9 Å². The van der Waals surface area contributed by atoms with Gasteiger partial charge in [0.1, 0.15) is 23.5 Å². The van der Waals surface area contributed by atoms with Crippen LogP contribution in [0.25, 0.3) is 5.57 Å². The first-order chi connectivity index (χ1) is 19.0. The van der Waals surface area contributed by atoms with Crippen LogP contribution in [0.1, 0.15) is 24.1 Å². The highest BCUT2D eigenvalue weighted by Crippen LogP contribution is 2.38. The largest absolute Gasteiger partial charge is 0.433 e. The fourth-order valence-electron chi connectivity index (χ4n) is 4.36. The summed E-state index contributed by atoms with van der Waals surface area (Å²) in [6.07, 6.45) is -1.50. The van der Waals surface area contributed by atoms with E-state index in [1.807, 2.05) is 14.1 Å². The standard InChI is InChI=1S/C26H30F3N9O2/c1-37(2)13-4-3-12-31-24(39)18-14-38-22(23(30)32-15-33-38)21(18)16-8-10-17(11-9-16)34-25(40)36-20-7-5-6-19(35-20)26(27,28)29/h5-11,15,18H,3-4,12-14H2,1-2H3,(H,31,39)(H2,30,32,33)(H2,34,35,36,40). The molecule has 0 saturated carbocycles. The summed E-state index contributed by atoms with van der Waals surface area (Å²) in [5.74, 6) is -0.714. The molecule has 0 bridgehead atoms. The van der Waals surface area contributed by atoms with Gasteiger partial charge < -0.3 is 21.3 Å². The summed E-state index contributed by atoms with van der Waals surface area (Å²) in [5.41, 5.74) is 7.32. The van der Waals surface area contributed by atoms with E-state index in [-0.39, 0.29) is 17.6 Å². The molecule has 11 nitrogen and oxygen atoms in total. The quantitative estimate of drug-likeness (QED) is 0.349. The predicted octanol–water partition coefficient (Wildman–Crippen LogP) is 3.16. The van der Waals surface area contributed by atoms with Crippen molar-refractivity contribution in [3.63, 3.8) is 0 Å². The monoisotopic (exact) mass is 557 g/mol. The number of aromatic nitrogens is 1. The molecule has 1 aromatic carbocycles. The summed E-state index contributed by atoms with van der Waals surface area (Å²) in [7, 11) is 4.00. The first kappa shape index (κ1) is 28.5. The zero-order chi connectivity index (χ0) is 28.9. The molecule has 14 heteroatoms. The number of hydrogen-bond donors (Lipinski definition) is 4. The van der Waals surface area contributed by atoms with Crippen molar-refractivity contribution in [3.8, 4) is 0 Å². The molecule has 0 fully saturated rings. The van der Waals surface area contributed by atoms with Gasteiger partial charge >= 0.3 is 12.2 Å². The Morgan fingerprint density at radius 1 is 1.10 bits per heavy atom. The van der Waals surface area contributed by atoms with E-state index in [1.165, 1.54) is 12.4 Å². The second kappa shape index (κ2) is 12.2. The first-order valence-corrected chi connectivity index (χ1v) is 12.6. The van der Waals surface area contributed by atoms with Crippen molar-refractivity contribution in [1.29, 1.82) is 0 Å². The fourth-order valence-corrected chi connectivity index (χ4v) is 4.36. The van der Waals surface area contributed by atoms with Crippen LogP contribution in [-0.2, 0) is 11.0 Å². The third kappa shape index (κ3) is 6.94. The van der Waals surface area contributed by atoms with E-state index in [0.717, 1.165) is 31.5 Å². The van der Waals surface area contributed by atoms with Crippen molar-refractivity contribution in [3.05, 3.63) is 59.4 Å². The van der Waals surface area contributed by atoms with Gasteiger partial charge in [-0.2, -0.15) is 18.3 Å². The Kier molecular flexibility index (Phi) is 8.67. The van der Waals surface area contributed by atoms with Crippen LogP contribution in [0.5, 0.6) is 0 Å². The number of nitrogens with zero attached hydrogens (tertiary/aromatic N) is 5. The topological polar surface area (TPSA) is 140 Å². The van der Waals surface area contributed by atoms with Gasteiger partial charge in [0, 0.05) is 17.8 Å². The summed E-state index contributed by atoms with van der Waals surface area (Å²) >= 11 is 0. The Hall–Kier alpha value is -4.46. The average Bonchev–Trinajstić information content (AvgIpc) is 3.29. The third-order valence-corrected chi connectivity index (χ3v) is 6.23. The number of urea groups is 1. The molecule has 5 N–H and O–H groups in total. The Morgan fingerprint density at radius 3 is 2.55 bits per heavy atom. The van der Waals surface area contributed by atoms with Crippen LogP contribution in [0.3, 0.4) is 0 Å². The first-order valence-electron chi connectivity index (χ1n) is 12.6. The van der Waals surface area contributed by atoms with Crippen LogP contribution >= 0.6 is 0 Å². The van der Waals surface area contributed by atoms with E-state index in [4.69, 9.17) is 5.73 Å². The maximum absolute atomic E-state index is 13.2. The number of amides is 3. The molecule has 2 aliphatic rings. The lowest BCUT2D eigenvalue weighted by atomic mass is 9.92. The number of rotatable bonds is 9. The molecule has 0 spiro atoms. The molecular weight excluding hydrogens is 527 g/mol. The lowest BCUT2D eigenvalue weighted by Gasteiger charge is -2.18. The van der Waals surface area contributed by atoms with Gasteiger partial charge in [0.25, 0.3) is 0 Å². The van der Waals surface area contributed by atoms with Gasteiger partial charge in [-0.05, 0) is 63.3 Å². The molecule has 2 aliphatic heterocycles. The number of nitrogens with two attached hydrogens (primary N) is 1. The lowest BCUT2D eigenvalue weighted by Crippen LogP contribution is -2.34. The average molecular weight is 558 g/mol. The minimum absolute atomic E-state index is 0.153. The summed E-state index contributed by atoms with van der Waals surface area (Å²) in [5, 5.41) is 13.8.